The van der Waals surface area contributed by atoms with Crippen LogP contribution in [0, 0.1) is 0 Å². The first-order valence-electron chi connectivity index (χ1n) is 11.9. The van der Waals surface area contributed by atoms with Crippen molar-refractivity contribution in [2.24, 2.45) is 0 Å². The van der Waals surface area contributed by atoms with Crippen LogP contribution in [0.15, 0.2) is 60.8 Å². The number of pyridine rings is 1. The highest BCUT2D eigenvalue weighted by Crippen LogP contribution is 2.28. The molecule has 2 amide bonds. The summed E-state index contributed by atoms with van der Waals surface area (Å²) in [6.45, 7) is 0.490. The fourth-order valence-electron chi connectivity index (χ4n) is 4.35. The predicted molar refractivity (Wildman–Crippen MR) is 140 cm³/mol. The molecule has 11 heteroatoms. The summed E-state index contributed by atoms with van der Waals surface area (Å²) in [6.07, 6.45) is 1.78. The Morgan fingerprint density at radius 2 is 1.92 bits per heavy atom. The topological polar surface area (TPSA) is 143 Å². The zero-order valence-electron chi connectivity index (χ0n) is 20.8. The van der Waals surface area contributed by atoms with Gasteiger partial charge in [-0.05, 0) is 53.6 Å². The van der Waals surface area contributed by atoms with Crippen molar-refractivity contribution in [2.75, 3.05) is 11.9 Å². The highest BCUT2D eigenvalue weighted by Gasteiger charge is 2.36. The van der Waals surface area contributed by atoms with E-state index in [0.717, 1.165) is 6.92 Å². The Kier molecular flexibility index (Phi) is 8.36. The lowest BCUT2D eigenvalue weighted by Gasteiger charge is -2.29. The normalized spacial score (nSPS) is 14.8. The van der Waals surface area contributed by atoms with Gasteiger partial charge in [0.15, 0.2) is 12.4 Å². The maximum absolute atomic E-state index is 13.8. The zero-order chi connectivity index (χ0) is 28.1. The molecule has 0 fully saturated rings. The van der Waals surface area contributed by atoms with Crippen LogP contribution in [0.3, 0.4) is 0 Å². The summed E-state index contributed by atoms with van der Waals surface area (Å²) in [5.74, 6) is -3.28. The Morgan fingerprint density at radius 1 is 1.13 bits per heavy atom. The van der Waals surface area contributed by atoms with Crippen molar-refractivity contribution in [1.82, 2.24) is 9.88 Å². The number of aromatic nitrogens is 1. The number of aromatic carboxylic acids is 1. The first-order valence-corrected chi connectivity index (χ1v) is 12.3. The molecule has 1 aliphatic heterocycles. The first-order chi connectivity index (χ1) is 18.6. The maximum Gasteiger partial charge on any atom is 0.337 e. The van der Waals surface area contributed by atoms with Gasteiger partial charge in [-0.3, -0.25) is 24.2 Å². The number of Topliss-reactive ketones (excluding diaryl/α,β-unsaturated/α-hetero) is 1. The van der Waals surface area contributed by atoms with Gasteiger partial charge in [-0.2, -0.15) is 0 Å². The van der Waals surface area contributed by atoms with Crippen molar-refractivity contribution in [3.05, 3.63) is 93.8 Å². The van der Waals surface area contributed by atoms with Crippen molar-refractivity contribution in [1.29, 1.82) is 0 Å². The van der Waals surface area contributed by atoms with Gasteiger partial charge < -0.3 is 20.1 Å². The highest BCUT2D eigenvalue weighted by atomic mass is 35.5. The highest BCUT2D eigenvalue weighted by molar-refractivity contribution is 6.30. The molecule has 0 radical (unpaired) electrons. The molecule has 0 saturated carbocycles. The van der Waals surface area contributed by atoms with Crippen LogP contribution < -0.4 is 5.32 Å². The fraction of sp³-hybridized carbons (Fsp3) is 0.214. The Morgan fingerprint density at radius 3 is 2.62 bits per heavy atom. The molecule has 0 saturated heterocycles. The van der Waals surface area contributed by atoms with Crippen molar-refractivity contribution < 1.29 is 33.8 Å². The van der Waals surface area contributed by atoms with Crippen molar-refractivity contribution in [3.63, 3.8) is 0 Å². The van der Waals surface area contributed by atoms with E-state index in [4.69, 9.17) is 11.6 Å². The molecule has 0 unspecified atom stereocenters. The van der Waals surface area contributed by atoms with Crippen molar-refractivity contribution in [3.8, 4) is 0 Å². The molecule has 10 nitrogen and oxygen atoms in total. The number of hydrogen-bond acceptors (Lipinski definition) is 7. The summed E-state index contributed by atoms with van der Waals surface area (Å²) in [5.41, 5.74) is 1.71. The van der Waals surface area contributed by atoms with E-state index in [9.17, 15) is 29.1 Å². The third kappa shape index (κ3) is 6.66. The molecule has 2 N–H and O–H groups in total. The third-order valence-electron chi connectivity index (χ3n) is 6.15. The number of nitrogens with one attached hydrogen (secondary N) is 1. The van der Waals surface area contributed by atoms with Gasteiger partial charge in [-0.1, -0.05) is 23.7 Å². The van der Waals surface area contributed by atoms with Gasteiger partial charge in [0.1, 0.15) is 0 Å². The molecule has 39 heavy (non-hydrogen) atoms. The molecule has 2 aromatic carbocycles. The smallest absolute Gasteiger partial charge is 0.337 e. The molecule has 200 valence electrons. The number of benzene rings is 2. The van der Waals surface area contributed by atoms with Gasteiger partial charge in [0, 0.05) is 48.8 Å². The molecule has 3 aromatic rings. The number of anilines is 1. The van der Waals surface area contributed by atoms with Crippen LogP contribution in [0.1, 0.15) is 44.5 Å². The predicted octanol–water partition coefficient (Wildman–Crippen LogP) is 3.31. The second kappa shape index (κ2) is 11.9. The van der Waals surface area contributed by atoms with E-state index in [0.29, 0.717) is 27.4 Å². The van der Waals surface area contributed by atoms with Crippen LogP contribution in [0.4, 0.5) is 5.69 Å². The van der Waals surface area contributed by atoms with Crippen LogP contribution in [0.2, 0.25) is 5.02 Å². The number of carbonyl (C=O) groups excluding carboxylic acids is 4. The monoisotopic (exact) mass is 549 g/mol. The number of carboxylic acid groups (broad SMARTS) is 1. The number of amides is 2. The molecule has 0 aliphatic carbocycles. The number of fused-ring (bicyclic) bond motifs is 1. The van der Waals surface area contributed by atoms with E-state index in [1.165, 1.54) is 23.1 Å². The lowest BCUT2D eigenvalue weighted by Crippen LogP contribution is -2.45. The maximum atomic E-state index is 13.8. The molecule has 0 spiro atoms. The second-order valence-corrected chi connectivity index (χ2v) is 9.37. The average Bonchev–Trinajstić information content (AvgIpc) is 2.98. The largest absolute Gasteiger partial charge is 0.478 e. The van der Waals surface area contributed by atoms with E-state index >= 15 is 0 Å². The summed E-state index contributed by atoms with van der Waals surface area (Å²) in [4.78, 5) is 68.1. The first kappa shape index (κ1) is 27.5. The van der Waals surface area contributed by atoms with Gasteiger partial charge in [0.25, 0.3) is 11.8 Å². The Hall–Kier alpha value is -4.57. The van der Waals surface area contributed by atoms with Gasteiger partial charge in [0.2, 0.25) is 0 Å². The summed E-state index contributed by atoms with van der Waals surface area (Å²) >= 11 is 6.14. The van der Waals surface area contributed by atoms with Crippen LogP contribution in [0.25, 0.3) is 0 Å². The molecular weight excluding hydrogens is 526 g/mol. The van der Waals surface area contributed by atoms with E-state index in [2.05, 4.69) is 15.0 Å². The number of esters is 1. The fourth-order valence-corrected chi connectivity index (χ4v) is 4.54. The summed E-state index contributed by atoms with van der Waals surface area (Å²) in [6, 6.07) is 13.4. The minimum Gasteiger partial charge on any atom is -0.478 e. The quantitative estimate of drug-likeness (QED) is 0.407. The zero-order valence-corrected chi connectivity index (χ0v) is 21.6. The minimum absolute atomic E-state index is 0.00500. The number of carboxylic acids is 1. The van der Waals surface area contributed by atoms with Crippen molar-refractivity contribution in [2.45, 2.75) is 32.4 Å². The van der Waals surface area contributed by atoms with E-state index in [-0.39, 0.29) is 36.4 Å². The molecular formula is C28H24ClN3O7. The average molecular weight is 550 g/mol. The summed E-state index contributed by atoms with van der Waals surface area (Å²) < 4.78 is 4.68. The molecule has 1 aromatic heterocycles. The number of nitrogens with zero attached hydrogens (tertiary/aromatic N) is 2. The number of ether oxygens (including phenoxy) is 1. The van der Waals surface area contributed by atoms with Crippen LogP contribution >= 0.6 is 11.6 Å². The van der Waals surface area contributed by atoms with Gasteiger partial charge in [-0.25, -0.2) is 4.79 Å². The number of halogens is 1. The van der Waals surface area contributed by atoms with Gasteiger partial charge >= 0.3 is 11.9 Å². The number of rotatable bonds is 8. The Labute approximate surface area is 228 Å². The summed E-state index contributed by atoms with van der Waals surface area (Å²) in [7, 11) is 0. The van der Waals surface area contributed by atoms with E-state index in [1.54, 1.807) is 42.6 Å². The standard InChI is InChI=1S/C28H24ClN3O7/c1-16(33)39-15-26(35)31-23-10-17(5-7-22(23)28(37)38)14-32-24(13-20-4-2-3-9-30-20)25(34)12-18-11-19(29)6-8-21(18)27(32)36/h2-11,24H,12-15H2,1H3,(H,31,35)(H,37,38)/t24-/m1/s1. The lowest BCUT2D eigenvalue weighted by molar-refractivity contribution is -0.144. The second-order valence-electron chi connectivity index (χ2n) is 8.93. The Balaban J connectivity index is 1.71. The lowest BCUT2D eigenvalue weighted by atomic mass is 9.99. The SMILES string of the molecule is CC(=O)OCC(=O)Nc1cc(CN2C(=O)c3ccc(Cl)cc3CC(=O)[C@H]2Cc2ccccn2)ccc1C(=O)O. The molecule has 4 rings (SSSR count). The van der Waals surface area contributed by atoms with Crippen LogP contribution in [-0.4, -0.2) is 57.2 Å². The number of hydrogen-bond donors (Lipinski definition) is 2. The Bertz CT molecular complexity index is 1460. The number of ketones is 1. The van der Waals surface area contributed by atoms with Crippen LogP contribution in [-0.2, 0) is 38.5 Å². The molecule has 2 heterocycles. The van der Waals surface area contributed by atoms with Gasteiger partial charge in [-0.15, -0.1) is 0 Å². The van der Waals surface area contributed by atoms with E-state index < -0.39 is 36.4 Å². The van der Waals surface area contributed by atoms with Crippen molar-refractivity contribution >= 4 is 46.8 Å². The molecule has 1 atom stereocenters. The number of carbonyl (C=O) groups is 5. The van der Waals surface area contributed by atoms with Gasteiger partial charge in [0.05, 0.1) is 17.3 Å². The van der Waals surface area contributed by atoms with Crippen LogP contribution in [0.5, 0.6) is 0 Å². The minimum atomic E-state index is -1.29. The molecule has 1 aliphatic rings. The summed E-state index contributed by atoms with van der Waals surface area (Å²) in [5, 5.41) is 12.4. The molecule has 0 bridgehead atoms. The third-order valence-corrected chi connectivity index (χ3v) is 6.38. The van der Waals surface area contributed by atoms with E-state index in [1.807, 2.05) is 0 Å².